The highest BCUT2D eigenvalue weighted by Crippen LogP contribution is 2.38. The molecule has 0 aliphatic rings. The minimum atomic E-state index is 0.597. The van der Waals surface area contributed by atoms with Crippen molar-refractivity contribution < 1.29 is 8.83 Å². The summed E-state index contributed by atoms with van der Waals surface area (Å²) in [5.74, 6) is 1.82. The van der Waals surface area contributed by atoms with Crippen molar-refractivity contribution in [2.45, 2.75) is 0 Å². The number of hydrogen-bond donors (Lipinski definition) is 0. The number of furan rings is 2. The Morgan fingerprint density at radius 2 is 0.865 bits per heavy atom. The SMILES string of the molecule is c1ccc2cc(-c3nc(-c4ccc(-c5ccc6ccc7oc8ccccc8c7c6c5)cc4)nc(-c4cccc5oc6ccccc6c45)n3)ccc2c1. The molecule has 8 aromatic carbocycles. The lowest BCUT2D eigenvalue weighted by atomic mass is 9.97. The first-order valence-electron chi connectivity index (χ1n) is 17.3. The summed E-state index contributed by atoms with van der Waals surface area (Å²) in [6.07, 6.45) is 0. The number of fused-ring (bicyclic) bond motifs is 9. The van der Waals surface area contributed by atoms with Crippen molar-refractivity contribution >= 4 is 65.4 Å². The topological polar surface area (TPSA) is 65.0 Å². The zero-order valence-electron chi connectivity index (χ0n) is 27.7. The Labute approximate surface area is 297 Å². The van der Waals surface area contributed by atoms with Crippen LogP contribution in [0, 0.1) is 0 Å². The molecule has 0 aliphatic heterocycles. The van der Waals surface area contributed by atoms with E-state index in [9.17, 15) is 0 Å². The fourth-order valence-electron chi connectivity index (χ4n) is 7.58. The second-order valence-corrected chi connectivity index (χ2v) is 13.2. The zero-order valence-corrected chi connectivity index (χ0v) is 27.7. The molecule has 0 radical (unpaired) electrons. The van der Waals surface area contributed by atoms with Gasteiger partial charge in [-0.2, -0.15) is 0 Å². The molecule has 0 aliphatic carbocycles. The molecule has 52 heavy (non-hydrogen) atoms. The lowest BCUT2D eigenvalue weighted by Gasteiger charge is -2.11. The van der Waals surface area contributed by atoms with E-state index in [1.54, 1.807) is 0 Å². The number of aromatic nitrogens is 3. The molecule has 0 saturated heterocycles. The summed E-state index contributed by atoms with van der Waals surface area (Å²) in [6.45, 7) is 0. The third kappa shape index (κ3) is 4.53. The van der Waals surface area contributed by atoms with Crippen LogP contribution >= 0.6 is 0 Å². The molecule has 0 unspecified atom stereocenters. The summed E-state index contributed by atoms with van der Waals surface area (Å²) in [5.41, 5.74) is 8.40. The number of hydrogen-bond acceptors (Lipinski definition) is 5. The van der Waals surface area contributed by atoms with E-state index in [2.05, 4.69) is 121 Å². The summed E-state index contributed by atoms with van der Waals surface area (Å²) in [7, 11) is 0. The van der Waals surface area contributed by atoms with Gasteiger partial charge in [0.1, 0.15) is 22.3 Å². The maximum atomic E-state index is 6.24. The normalized spacial score (nSPS) is 11.8. The highest BCUT2D eigenvalue weighted by Gasteiger charge is 2.18. The van der Waals surface area contributed by atoms with Gasteiger partial charge >= 0.3 is 0 Å². The predicted octanol–water partition coefficient (Wildman–Crippen LogP) is 12.6. The molecule has 242 valence electrons. The maximum absolute atomic E-state index is 6.24. The van der Waals surface area contributed by atoms with E-state index in [1.807, 2.05) is 42.5 Å². The molecule has 11 rings (SSSR count). The van der Waals surface area contributed by atoms with Gasteiger partial charge in [-0.3, -0.25) is 0 Å². The fourth-order valence-corrected chi connectivity index (χ4v) is 7.58. The fraction of sp³-hybridized carbons (Fsp3) is 0. The lowest BCUT2D eigenvalue weighted by molar-refractivity contribution is 0.668. The highest BCUT2D eigenvalue weighted by atomic mass is 16.3. The van der Waals surface area contributed by atoms with Gasteiger partial charge in [-0.15, -0.1) is 0 Å². The van der Waals surface area contributed by atoms with Crippen LogP contribution in [0.1, 0.15) is 0 Å². The van der Waals surface area contributed by atoms with E-state index >= 15 is 0 Å². The van der Waals surface area contributed by atoms with Crippen molar-refractivity contribution in [2.24, 2.45) is 0 Å². The molecule has 0 N–H and O–H groups in total. The first-order chi connectivity index (χ1) is 25.7. The van der Waals surface area contributed by atoms with Crippen LogP contribution in [-0.2, 0) is 0 Å². The Balaban J connectivity index is 1.06. The Kier molecular flexibility index (Phi) is 6.18. The number of para-hydroxylation sites is 2. The predicted molar refractivity (Wildman–Crippen MR) is 211 cm³/mol. The van der Waals surface area contributed by atoms with E-state index < -0.39 is 0 Å². The maximum Gasteiger partial charge on any atom is 0.164 e. The Hall–Kier alpha value is -7.11. The van der Waals surface area contributed by atoms with E-state index in [4.69, 9.17) is 23.8 Å². The van der Waals surface area contributed by atoms with Crippen molar-refractivity contribution in [1.29, 1.82) is 0 Å². The minimum absolute atomic E-state index is 0.597. The molecule has 0 amide bonds. The van der Waals surface area contributed by atoms with Crippen molar-refractivity contribution in [2.75, 3.05) is 0 Å². The lowest BCUT2D eigenvalue weighted by Crippen LogP contribution is -2.00. The summed E-state index contributed by atoms with van der Waals surface area (Å²) < 4.78 is 12.4. The van der Waals surface area contributed by atoms with Gasteiger partial charge in [-0.05, 0) is 69.1 Å². The van der Waals surface area contributed by atoms with Gasteiger partial charge in [0.15, 0.2) is 17.5 Å². The van der Waals surface area contributed by atoms with Crippen LogP contribution in [0.2, 0.25) is 0 Å². The number of rotatable bonds is 4. The molecule has 3 heterocycles. The molecule has 5 nitrogen and oxygen atoms in total. The van der Waals surface area contributed by atoms with Crippen LogP contribution in [0.3, 0.4) is 0 Å². The smallest absolute Gasteiger partial charge is 0.164 e. The van der Waals surface area contributed by atoms with Gasteiger partial charge in [0.25, 0.3) is 0 Å². The van der Waals surface area contributed by atoms with E-state index in [-0.39, 0.29) is 0 Å². The largest absolute Gasteiger partial charge is 0.456 e. The highest BCUT2D eigenvalue weighted by molar-refractivity contribution is 6.19. The van der Waals surface area contributed by atoms with Crippen LogP contribution < -0.4 is 0 Å². The van der Waals surface area contributed by atoms with Crippen LogP contribution in [-0.4, -0.2) is 15.0 Å². The summed E-state index contributed by atoms with van der Waals surface area (Å²) >= 11 is 0. The van der Waals surface area contributed by atoms with Gasteiger partial charge < -0.3 is 8.83 Å². The molecular formula is C47H27N3O2. The summed E-state index contributed by atoms with van der Waals surface area (Å²) in [4.78, 5) is 15.3. The van der Waals surface area contributed by atoms with Crippen molar-refractivity contribution in [3.8, 4) is 45.3 Å². The quantitative estimate of drug-likeness (QED) is 0.187. The molecule has 0 bridgehead atoms. The van der Waals surface area contributed by atoms with Crippen molar-refractivity contribution in [1.82, 2.24) is 15.0 Å². The third-order valence-electron chi connectivity index (χ3n) is 10.1. The van der Waals surface area contributed by atoms with Crippen molar-refractivity contribution in [3.63, 3.8) is 0 Å². The molecule has 0 saturated carbocycles. The van der Waals surface area contributed by atoms with Gasteiger partial charge in [-0.1, -0.05) is 127 Å². The average molecular weight is 666 g/mol. The summed E-state index contributed by atoms with van der Waals surface area (Å²) in [5, 5.41) is 8.95. The standard InChI is InChI=1S/C47H27N3O2/c1-2-9-32-26-34(23-18-28(32)8-1)46-48-45(49-47(50-46)37-12-7-15-41-43(37)35-10-3-5-13-39(35)51-41)31-20-16-29(17-21-31)33-22-19-30-24-25-42-44(38(30)27-33)36-11-4-6-14-40(36)52-42/h1-27H. The van der Waals surface area contributed by atoms with Crippen LogP contribution in [0.25, 0.3) is 111 Å². The van der Waals surface area contributed by atoms with E-state index in [1.165, 1.54) is 16.2 Å². The monoisotopic (exact) mass is 665 g/mol. The van der Waals surface area contributed by atoms with Crippen LogP contribution in [0.5, 0.6) is 0 Å². The molecular weight excluding hydrogens is 639 g/mol. The van der Waals surface area contributed by atoms with Gasteiger partial charge in [0, 0.05) is 38.2 Å². The van der Waals surface area contributed by atoms with Gasteiger partial charge in [0.05, 0.1) is 0 Å². The summed E-state index contributed by atoms with van der Waals surface area (Å²) in [6, 6.07) is 56.4. The molecule has 3 aromatic heterocycles. The molecule has 0 atom stereocenters. The van der Waals surface area contributed by atoms with Crippen molar-refractivity contribution in [3.05, 3.63) is 164 Å². The molecule has 0 spiro atoms. The number of nitrogens with zero attached hydrogens (tertiary/aromatic N) is 3. The average Bonchev–Trinajstić information content (AvgIpc) is 3.79. The third-order valence-corrected chi connectivity index (χ3v) is 10.1. The van der Waals surface area contributed by atoms with Gasteiger partial charge in [-0.25, -0.2) is 15.0 Å². The zero-order chi connectivity index (χ0) is 34.2. The second kappa shape index (κ2) is 11.2. The van der Waals surface area contributed by atoms with E-state index in [0.29, 0.717) is 17.5 Å². The van der Waals surface area contributed by atoms with Gasteiger partial charge in [0.2, 0.25) is 0 Å². The Bertz CT molecular complexity index is 3190. The second-order valence-electron chi connectivity index (χ2n) is 13.2. The van der Waals surface area contributed by atoms with Crippen LogP contribution in [0.15, 0.2) is 173 Å². The first kappa shape index (κ1) is 28.7. The first-order valence-corrected chi connectivity index (χ1v) is 17.3. The Morgan fingerprint density at radius 1 is 0.308 bits per heavy atom. The number of benzene rings is 8. The molecule has 11 aromatic rings. The van der Waals surface area contributed by atoms with E-state index in [0.717, 1.165) is 77.1 Å². The molecule has 5 heteroatoms. The van der Waals surface area contributed by atoms with Crippen LogP contribution in [0.4, 0.5) is 0 Å². The minimum Gasteiger partial charge on any atom is -0.456 e. The molecule has 0 fully saturated rings. The Morgan fingerprint density at radius 3 is 1.67 bits per heavy atom.